The van der Waals surface area contributed by atoms with Crippen LogP contribution in [-0.2, 0) is 20.9 Å². The van der Waals surface area contributed by atoms with Crippen LogP contribution in [0.2, 0.25) is 5.02 Å². The smallest absolute Gasteiger partial charge is 0.344 e. The SMILES string of the molecule is COc1ccc(CNC(=O)COC(=O)COc2ccc(Cl)cc2)cc1OC. The van der Waals surface area contributed by atoms with Crippen LogP contribution in [0.15, 0.2) is 42.5 Å². The fraction of sp³-hybridized carbons (Fsp3) is 0.263. The number of carbonyl (C=O) groups is 2. The molecule has 0 bridgehead atoms. The Hall–Kier alpha value is -2.93. The third-order valence-electron chi connectivity index (χ3n) is 3.47. The average Bonchev–Trinajstić information content (AvgIpc) is 2.69. The molecule has 1 amide bonds. The third kappa shape index (κ3) is 6.71. The van der Waals surface area contributed by atoms with Gasteiger partial charge >= 0.3 is 5.97 Å². The van der Waals surface area contributed by atoms with E-state index in [0.717, 1.165) is 5.56 Å². The van der Waals surface area contributed by atoms with E-state index in [4.69, 9.17) is 30.5 Å². The molecule has 0 atom stereocenters. The highest BCUT2D eigenvalue weighted by Crippen LogP contribution is 2.27. The van der Waals surface area contributed by atoms with Crippen molar-refractivity contribution >= 4 is 23.5 Å². The van der Waals surface area contributed by atoms with Crippen LogP contribution >= 0.6 is 11.6 Å². The van der Waals surface area contributed by atoms with Crippen molar-refractivity contribution in [2.75, 3.05) is 27.4 Å². The van der Waals surface area contributed by atoms with E-state index >= 15 is 0 Å². The van der Waals surface area contributed by atoms with Crippen LogP contribution in [0.3, 0.4) is 0 Å². The Bertz CT molecular complexity index is 778. The molecule has 2 aromatic rings. The zero-order valence-corrected chi connectivity index (χ0v) is 15.7. The molecule has 0 aliphatic carbocycles. The van der Waals surface area contributed by atoms with Gasteiger partial charge in [-0.3, -0.25) is 4.79 Å². The Morgan fingerprint density at radius 2 is 1.67 bits per heavy atom. The lowest BCUT2D eigenvalue weighted by molar-refractivity contribution is -0.150. The molecule has 27 heavy (non-hydrogen) atoms. The normalized spacial score (nSPS) is 10.0. The van der Waals surface area contributed by atoms with Crippen LogP contribution < -0.4 is 19.5 Å². The minimum absolute atomic E-state index is 0.262. The quantitative estimate of drug-likeness (QED) is 0.659. The molecule has 2 aromatic carbocycles. The lowest BCUT2D eigenvalue weighted by Crippen LogP contribution is -2.29. The molecule has 8 heteroatoms. The van der Waals surface area contributed by atoms with Gasteiger partial charge in [0.05, 0.1) is 14.2 Å². The van der Waals surface area contributed by atoms with Crippen molar-refractivity contribution in [1.82, 2.24) is 5.32 Å². The maximum Gasteiger partial charge on any atom is 0.344 e. The molecule has 2 rings (SSSR count). The van der Waals surface area contributed by atoms with Crippen LogP contribution in [-0.4, -0.2) is 39.3 Å². The molecule has 0 spiro atoms. The number of rotatable bonds is 9. The van der Waals surface area contributed by atoms with Crippen LogP contribution in [0.4, 0.5) is 0 Å². The van der Waals surface area contributed by atoms with Gasteiger partial charge in [0.1, 0.15) is 5.75 Å². The minimum atomic E-state index is -0.647. The molecule has 0 aliphatic rings. The standard InChI is InChI=1S/C19H20ClNO6/c1-24-16-8-3-13(9-17(16)25-2)10-21-18(22)11-27-19(23)12-26-15-6-4-14(20)5-7-15/h3-9H,10-12H2,1-2H3,(H,21,22). The van der Waals surface area contributed by atoms with E-state index < -0.39 is 18.5 Å². The first-order valence-electron chi connectivity index (χ1n) is 8.03. The van der Waals surface area contributed by atoms with E-state index in [-0.39, 0.29) is 13.2 Å². The molecule has 0 aliphatic heterocycles. The molecule has 144 valence electrons. The second kappa shape index (κ2) is 10.3. The monoisotopic (exact) mass is 393 g/mol. The van der Waals surface area contributed by atoms with Crippen molar-refractivity contribution in [3.05, 3.63) is 53.1 Å². The van der Waals surface area contributed by atoms with Crippen molar-refractivity contribution in [2.24, 2.45) is 0 Å². The van der Waals surface area contributed by atoms with Crippen LogP contribution in [0.1, 0.15) is 5.56 Å². The van der Waals surface area contributed by atoms with Crippen molar-refractivity contribution in [2.45, 2.75) is 6.54 Å². The van der Waals surface area contributed by atoms with Crippen LogP contribution in [0, 0.1) is 0 Å². The minimum Gasteiger partial charge on any atom is -0.493 e. The molecular formula is C19H20ClNO6. The summed E-state index contributed by atoms with van der Waals surface area (Å²) in [7, 11) is 3.08. The second-order valence-electron chi connectivity index (χ2n) is 5.37. The Morgan fingerprint density at radius 1 is 0.963 bits per heavy atom. The van der Waals surface area contributed by atoms with Crippen molar-refractivity contribution in [3.63, 3.8) is 0 Å². The highest BCUT2D eigenvalue weighted by Gasteiger charge is 2.10. The van der Waals surface area contributed by atoms with Gasteiger partial charge in [-0.05, 0) is 42.0 Å². The number of hydrogen-bond acceptors (Lipinski definition) is 6. The fourth-order valence-electron chi connectivity index (χ4n) is 2.10. The molecule has 0 saturated heterocycles. The Morgan fingerprint density at radius 3 is 2.33 bits per heavy atom. The molecule has 1 N–H and O–H groups in total. The summed E-state index contributed by atoms with van der Waals surface area (Å²) in [5.41, 5.74) is 0.818. The third-order valence-corrected chi connectivity index (χ3v) is 3.72. The number of methoxy groups -OCH3 is 2. The van der Waals surface area contributed by atoms with E-state index in [1.807, 2.05) is 0 Å². The summed E-state index contributed by atoms with van der Waals surface area (Å²) in [6.07, 6.45) is 0. The zero-order valence-electron chi connectivity index (χ0n) is 15.0. The number of hydrogen-bond donors (Lipinski definition) is 1. The molecule has 0 fully saturated rings. The number of carbonyl (C=O) groups excluding carboxylic acids is 2. The summed E-state index contributed by atoms with van der Waals surface area (Å²) >= 11 is 5.76. The molecule has 0 aromatic heterocycles. The van der Waals surface area contributed by atoms with Gasteiger partial charge in [0.25, 0.3) is 5.91 Å². The highest BCUT2D eigenvalue weighted by molar-refractivity contribution is 6.30. The lowest BCUT2D eigenvalue weighted by atomic mass is 10.2. The number of esters is 1. The molecule has 0 unspecified atom stereocenters. The van der Waals surface area contributed by atoms with Crippen LogP contribution in [0.5, 0.6) is 17.2 Å². The van der Waals surface area contributed by atoms with E-state index in [2.05, 4.69) is 5.32 Å². The highest BCUT2D eigenvalue weighted by atomic mass is 35.5. The number of amides is 1. The van der Waals surface area contributed by atoms with Gasteiger partial charge in [0, 0.05) is 11.6 Å². The first kappa shape index (κ1) is 20.4. The van der Waals surface area contributed by atoms with E-state index in [1.165, 1.54) is 7.11 Å². The van der Waals surface area contributed by atoms with Gasteiger partial charge in [0.2, 0.25) is 0 Å². The summed E-state index contributed by atoms with van der Waals surface area (Å²) in [5, 5.41) is 3.22. The maximum atomic E-state index is 11.8. The van der Waals surface area contributed by atoms with E-state index in [1.54, 1.807) is 49.6 Å². The predicted molar refractivity (Wildman–Crippen MR) is 99.3 cm³/mol. The summed E-state index contributed by atoms with van der Waals surface area (Å²) < 4.78 is 20.5. The number of benzene rings is 2. The first-order chi connectivity index (χ1) is 13.0. The first-order valence-corrected chi connectivity index (χ1v) is 8.41. The Balaban J connectivity index is 1.71. The van der Waals surface area contributed by atoms with Gasteiger partial charge in [-0.15, -0.1) is 0 Å². The second-order valence-corrected chi connectivity index (χ2v) is 5.81. The van der Waals surface area contributed by atoms with E-state index in [0.29, 0.717) is 22.3 Å². The molecule has 0 radical (unpaired) electrons. The van der Waals surface area contributed by atoms with Crippen molar-refractivity contribution in [3.8, 4) is 17.2 Å². The van der Waals surface area contributed by atoms with Crippen molar-refractivity contribution < 1.29 is 28.5 Å². The summed E-state index contributed by atoms with van der Waals surface area (Å²) in [6, 6.07) is 11.8. The predicted octanol–water partition coefficient (Wildman–Crippen LogP) is 2.60. The largest absolute Gasteiger partial charge is 0.493 e. The summed E-state index contributed by atoms with van der Waals surface area (Å²) in [6.45, 7) is -0.432. The molecule has 0 heterocycles. The maximum absolute atomic E-state index is 11.8. The average molecular weight is 394 g/mol. The lowest BCUT2D eigenvalue weighted by Gasteiger charge is -2.11. The van der Waals surface area contributed by atoms with Crippen LogP contribution in [0.25, 0.3) is 0 Å². The van der Waals surface area contributed by atoms with Gasteiger partial charge in [0.15, 0.2) is 24.7 Å². The Labute approximate surface area is 162 Å². The van der Waals surface area contributed by atoms with E-state index in [9.17, 15) is 9.59 Å². The molecular weight excluding hydrogens is 374 g/mol. The Kier molecular flexibility index (Phi) is 7.76. The van der Waals surface area contributed by atoms with Gasteiger partial charge < -0.3 is 24.3 Å². The number of ether oxygens (including phenoxy) is 4. The molecule has 7 nitrogen and oxygen atoms in total. The number of nitrogens with one attached hydrogen (secondary N) is 1. The summed E-state index contributed by atoms with van der Waals surface area (Å²) in [5.74, 6) is 0.572. The van der Waals surface area contributed by atoms with Crippen molar-refractivity contribution in [1.29, 1.82) is 0 Å². The molecule has 0 saturated carbocycles. The summed E-state index contributed by atoms with van der Waals surface area (Å²) in [4.78, 5) is 23.4. The number of halogens is 1. The van der Waals surface area contributed by atoms with Gasteiger partial charge in [-0.1, -0.05) is 17.7 Å². The van der Waals surface area contributed by atoms with Gasteiger partial charge in [-0.25, -0.2) is 4.79 Å². The topological polar surface area (TPSA) is 83.1 Å². The fourth-order valence-corrected chi connectivity index (χ4v) is 2.23. The zero-order chi connectivity index (χ0) is 19.6. The van der Waals surface area contributed by atoms with Gasteiger partial charge in [-0.2, -0.15) is 0 Å².